The van der Waals surface area contributed by atoms with Crippen LogP contribution in [0.3, 0.4) is 0 Å². The number of aryl methyl sites for hydroxylation is 1. The predicted molar refractivity (Wildman–Crippen MR) is 63.1 cm³/mol. The van der Waals surface area contributed by atoms with Gasteiger partial charge in [-0.05, 0) is 12.5 Å². The number of aromatic nitrogens is 3. The minimum atomic E-state index is 0.0483. The number of nitrogens with zero attached hydrogens (tertiary/aromatic N) is 3. The van der Waals surface area contributed by atoms with Gasteiger partial charge in [0.2, 0.25) is 0 Å². The molecule has 5 heteroatoms. The topological polar surface area (TPSA) is 52.0 Å². The third-order valence-corrected chi connectivity index (χ3v) is 2.79. The minimum absolute atomic E-state index is 0.0483. The molecule has 1 aromatic heterocycles. The maximum absolute atomic E-state index is 5.62. The molecule has 0 saturated heterocycles. The van der Waals surface area contributed by atoms with Crippen LogP contribution in [0.4, 0.5) is 0 Å². The molecule has 5 nitrogen and oxygen atoms in total. The Kier molecular flexibility index (Phi) is 4.04. The first-order valence-corrected chi connectivity index (χ1v) is 5.46. The lowest BCUT2D eigenvalue weighted by Gasteiger charge is -2.35. The molecule has 92 valence electrons. The molecule has 0 saturated carbocycles. The van der Waals surface area contributed by atoms with Crippen molar-refractivity contribution in [1.29, 1.82) is 0 Å². The molecule has 1 aromatic rings. The van der Waals surface area contributed by atoms with E-state index in [9.17, 15) is 0 Å². The second kappa shape index (κ2) is 4.93. The second-order valence-corrected chi connectivity index (χ2v) is 5.07. The molecule has 0 radical (unpaired) electrons. The zero-order valence-electron chi connectivity index (χ0n) is 11.0. The zero-order chi connectivity index (χ0) is 12.3. The number of hydrogen-bond acceptors (Lipinski definition) is 4. The van der Waals surface area contributed by atoms with Crippen LogP contribution < -0.4 is 5.32 Å². The molecule has 0 aliphatic carbocycles. The van der Waals surface area contributed by atoms with E-state index in [2.05, 4.69) is 36.4 Å². The Hall–Kier alpha value is -0.940. The number of ether oxygens (including phenoxy) is 1. The van der Waals surface area contributed by atoms with E-state index in [0.717, 1.165) is 5.69 Å². The first kappa shape index (κ1) is 13.1. The molecule has 1 heterocycles. The average molecular weight is 226 g/mol. The third kappa shape index (κ3) is 2.59. The van der Waals surface area contributed by atoms with Crippen LogP contribution in [-0.2, 0) is 11.8 Å². The van der Waals surface area contributed by atoms with Gasteiger partial charge < -0.3 is 10.1 Å². The van der Waals surface area contributed by atoms with Crippen LogP contribution in [0.5, 0.6) is 0 Å². The molecule has 0 bridgehead atoms. The molecule has 2 atom stereocenters. The van der Waals surface area contributed by atoms with E-state index >= 15 is 0 Å². The van der Waals surface area contributed by atoms with Gasteiger partial charge in [0.1, 0.15) is 0 Å². The van der Waals surface area contributed by atoms with Gasteiger partial charge in [-0.2, -0.15) is 0 Å². The van der Waals surface area contributed by atoms with Crippen molar-refractivity contribution in [2.75, 3.05) is 14.2 Å². The van der Waals surface area contributed by atoms with Crippen LogP contribution in [0, 0.1) is 5.41 Å². The maximum atomic E-state index is 5.62. The van der Waals surface area contributed by atoms with E-state index in [1.165, 1.54) is 0 Å². The molecule has 0 spiro atoms. The summed E-state index contributed by atoms with van der Waals surface area (Å²) in [5.41, 5.74) is 1.08. The van der Waals surface area contributed by atoms with E-state index in [4.69, 9.17) is 4.74 Å². The number of methoxy groups -OCH3 is 1. The van der Waals surface area contributed by atoms with Crippen molar-refractivity contribution in [2.24, 2.45) is 12.5 Å². The summed E-state index contributed by atoms with van der Waals surface area (Å²) in [6.07, 6.45) is 1.84. The normalized spacial score (nSPS) is 16.1. The van der Waals surface area contributed by atoms with Gasteiger partial charge in [-0.1, -0.05) is 26.0 Å². The minimum Gasteiger partial charge on any atom is -0.379 e. The van der Waals surface area contributed by atoms with Gasteiger partial charge in [-0.3, -0.25) is 4.68 Å². The summed E-state index contributed by atoms with van der Waals surface area (Å²) in [5, 5.41) is 11.1. The SMILES string of the molecule is CNC(c1cnnn1C)C(OC)C(C)(C)C. The molecule has 0 aliphatic rings. The second-order valence-electron chi connectivity index (χ2n) is 5.07. The van der Waals surface area contributed by atoms with Crippen molar-refractivity contribution in [1.82, 2.24) is 20.3 Å². The van der Waals surface area contributed by atoms with E-state index in [1.807, 2.05) is 14.1 Å². The average Bonchev–Trinajstić information content (AvgIpc) is 2.58. The van der Waals surface area contributed by atoms with E-state index in [1.54, 1.807) is 18.0 Å². The van der Waals surface area contributed by atoms with Gasteiger partial charge in [0.25, 0.3) is 0 Å². The summed E-state index contributed by atoms with van der Waals surface area (Å²) in [7, 11) is 5.56. The summed E-state index contributed by atoms with van der Waals surface area (Å²) in [5.74, 6) is 0. The fourth-order valence-electron chi connectivity index (χ4n) is 2.02. The Bertz CT molecular complexity index is 329. The van der Waals surface area contributed by atoms with Crippen molar-refractivity contribution in [2.45, 2.75) is 32.9 Å². The highest BCUT2D eigenvalue weighted by atomic mass is 16.5. The highest BCUT2D eigenvalue weighted by molar-refractivity contribution is 5.06. The molecule has 0 amide bonds. The Labute approximate surface area is 97.2 Å². The largest absolute Gasteiger partial charge is 0.379 e. The molecule has 0 aliphatic heterocycles. The van der Waals surface area contributed by atoms with E-state index in [0.29, 0.717) is 0 Å². The summed E-state index contributed by atoms with van der Waals surface area (Å²) in [4.78, 5) is 0. The summed E-state index contributed by atoms with van der Waals surface area (Å²) < 4.78 is 7.39. The fourth-order valence-corrected chi connectivity index (χ4v) is 2.02. The highest BCUT2D eigenvalue weighted by Gasteiger charge is 2.34. The van der Waals surface area contributed by atoms with Crippen LogP contribution >= 0.6 is 0 Å². The van der Waals surface area contributed by atoms with Crippen molar-refractivity contribution in [3.05, 3.63) is 11.9 Å². The summed E-state index contributed by atoms with van der Waals surface area (Å²) in [6, 6.07) is 0.0880. The quantitative estimate of drug-likeness (QED) is 0.836. The molecular weight excluding hydrogens is 204 g/mol. The molecule has 2 unspecified atom stereocenters. The predicted octanol–water partition coefficient (Wildman–Crippen LogP) is 1.14. The van der Waals surface area contributed by atoms with E-state index in [-0.39, 0.29) is 17.6 Å². The lowest BCUT2D eigenvalue weighted by atomic mass is 9.83. The molecule has 1 rings (SSSR count). The highest BCUT2D eigenvalue weighted by Crippen LogP contribution is 2.31. The standard InChI is InChI=1S/C11H22N4O/c1-11(2,3)10(16-6)9(12-4)8-7-13-14-15(8)5/h7,9-10,12H,1-6H3. The van der Waals surface area contributed by atoms with Gasteiger partial charge in [0.15, 0.2) is 0 Å². The molecule has 0 aromatic carbocycles. The lowest BCUT2D eigenvalue weighted by molar-refractivity contribution is -0.0120. The summed E-state index contributed by atoms with van der Waals surface area (Å²) >= 11 is 0. The van der Waals surface area contributed by atoms with Crippen molar-refractivity contribution in [3.63, 3.8) is 0 Å². The van der Waals surface area contributed by atoms with Crippen LogP contribution in [-0.4, -0.2) is 35.3 Å². The van der Waals surface area contributed by atoms with Crippen LogP contribution in [0.15, 0.2) is 6.20 Å². The summed E-state index contributed by atoms with van der Waals surface area (Å²) in [6.45, 7) is 6.49. The van der Waals surface area contributed by atoms with Crippen LogP contribution in [0.25, 0.3) is 0 Å². The van der Waals surface area contributed by atoms with Crippen LogP contribution in [0.2, 0.25) is 0 Å². The Morgan fingerprint density at radius 1 is 1.44 bits per heavy atom. The number of rotatable bonds is 4. The Balaban J connectivity index is 3.02. The molecule has 1 N–H and O–H groups in total. The molecule has 0 fully saturated rings. The zero-order valence-corrected chi connectivity index (χ0v) is 11.0. The van der Waals surface area contributed by atoms with Gasteiger partial charge in [-0.15, -0.1) is 5.10 Å². The van der Waals surface area contributed by atoms with Gasteiger partial charge in [0.05, 0.1) is 24.0 Å². The number of hydrogen-bond donors (Lipinski definition) is 1. The van der Waals surface area contributed by atoms with Gasteiger partial charge >= 0.3 is 0 Å². The van der Waals surface area contributed by atoms with Crippen molar-refractivity contribution < 1.29 is 4.74 Å². The molecular formula is C11H22N4O. The lowest BCUT2D eigenvalue weighted by Crippen LogP contribution is -2.41. The number of likely N-dealkylation sites (N-methyl/N-ethyl adjacent to an activating group) is 1. The third-order valence-electron chi connectivity index (χ3n) is 2.79. The number of nitrogens with one attached hydrogen (secondary N) is 1. The first-order valence-electron chi connectivity index (χ1n) is 5.46. The van der Waals surface area contributed by atoms with E-state index < -0.39 is 0 Å². The first-order chi connectivity index (χ1) is 7.41. The van der Waals surface area contributed by atoms with Crippen molar-refractivity contribution >= 4 is 0 Å². The Morgan fingerprint density at radius 2 is 2.06 bits per heavy atom. The molecule has 16 heavy (non-hydrogen) atoms. The van der Waals surface area contributed by atoms with Gasteiger partial charge in [0, 0.05) is 14.2 Å². The smallest absolute Gasteiger partial charge is 0.0829 e. The van der Waals surface area contributed by atoms with Crippen LogP contribution in [0.1, 0.15) is 32.5 Å². The van der Waals surface area contributed by atoms with Crippen molar-refractivity contribution in [3.8, 4) is 0 Å². The fraction of sp³-hybridized carbons (Fsp3) is 0.818. The maximum Gasteiger partial charge on any atom is 0.0829 e. The van der Waals surface area contributed by atoms with Gasteiger partial charge in [-0.25, -0.2) is 0 Å². The monoisotopic (exact) mass is 226 g/mol. The Morgan fingerprint density at radius 3 is 2.38 bits per heavy atom.